The third kappa shape index (κ3) is 4.22. The summed E-state index contributed by atoms with van der Waals surface area (Å²) >= 11 is 0. The van der Waals surface area contributed by atoms with E-state index >= 15 is 0 Å². The zero-order valence-corrected chi connectivity index (χ0v) is 11.7. The normalized spacial score (nSPS) is 15.3. The number of hydrogen-bond donors (Lipinski definition) is 2. The van der Waals surface area contributed by atoms with Crippen LogP contribution in [0.3, 0.4) is 0 Å². The first-order chi connectivity index (χ1) is 9.06. The molecular weight excluding hydrogens is 255 g/mol. The fourth-order valence-corrected chi connectivity index (χ4v) is 2.10. The average Bonchev–Trinajstić information content (AvgIpc) is 2.39. The SMILES string of the molecule is CC(=O)N1CCC(Nc2cc(C(=O)O)ncn2)CC1.[Li]. The number of carbonyl (C=O) groups is 2. The van der Waals surface area contributed by atoms with Crippen molar-refractivity contribution in [3.8, 4) is 0 Å². The van der Waals surface area contributed by atoms with Crippen molar-refractivity contribution in [1.82, 2.24) is 14.9 Å². The summed E-state index contributed by atoms with van der Waals surface area (Å²) < 4.78 is 0. The Balaban J connectivity index is 0.00000200. The van der Waals surface area contributed by atoms with Crippen LogP contribution < -0.4 is 5.32 Å². The van der Waals surface area contributed by atoms with Crippen molar-refractivity contribution >= 4 is 36.6 Å². The van der Waals surface area contributed by atoms with Gasteiger partial charge in [-0.1, -0.05) is 0 Å². The Labute approximate surface area is 129 Å². The largest absolute Gasteiger partial charge is 0.477 e. The van der Waals surface area contributed by atoms with E-state index in [1.165, 1.54) is 12.4 Å². The summed E-state index contributed by atoms with van der Waals surface area (Å²) in [6.45, 7) is 2.99. The molecule has 7 nitrogen and oxygen atoms in total. The molecule has 1 aliphatic rings. The van der Waals surface area contributed by atoms with Gasteiger partial charge in [0.05, 0.1) is 0 Å². The van der Waals surface area contributed by atoms with Crippen molar-refractivity contribution < 1.29 is 14.7 Å². The van der Waals surface area contributed by atoms with E-state index in [2.05, 4.69) is 15.3 Å². The maximum atomic E-state index is 11.2. The molecule has 0 saturated carbocycles. The number of rotatable bonds is 3. The van der Waals surface area contributed by atoms with Crippen molar-refractivity contribution in [3.05, 3.63) is 18.1 Å². The first-order valence-corrected chi connectivity index (χ1v) is 6.13. The molecule has 8 heteroatoms. The van der Waals surface area contributed by atoms with Crippen molar-refractivity contribution in [3.63, 3.8) is 0 Å². The molecule has 1 amide bonds. The number of piperidine rings is 1. The summed E-state index contributed by atoms with van der Waals surface area (Å²) in [6, 6.07) is 1.62. The molecule has 2 N–H and O–H groups in total. The second kappa shape index (κ2) is 7.27. The molecule has 1 saturated heterocycles. The molecule has 1 radical (unpaired) electrons. The van der Waals surface area contributed by atoms with Crippen LogP contribution in [-0.4, -0.2) is 69.8 Å². The maximum Gasteiger partial charge on any atom is 0.354 e. The monoisotopic (exact) mass is 271 g/mol. The van der Waals surface area contributed by atoms with Crippen molar-refractivity contribution in [2.75, 3.05) is 18.4 Å². The molecule has 20 heavy (non-hydrogen) atoms. The molecule has 0 aliphatic carbocycles. The van der Waals surface area contributed by atoms with Gasteiger partial charge in [0.15, 0.2) is 5.69 Å². The standard InChI is InChI=1S/C12H16N4O3.Li/c1-8(17)16-4-2-9(3-5-16)15-11-6-10(12(18)19)13-7-14-11;/h6-7,9H,2-5H2,1H3,(H,18,19)(H,13,14,15);. The molecule has 1 fully saturated rings. The molecule has 0 spiro atoms. The summed E-state index contributed by atoms with van der Waals surface area (Å²) in [7, 11) is 0. The number of carboxylic acid groups (broad SMARTS) is 1. The van der Waals surface area contributed by atoms with E-state index in [9.17, 15) is 9.59 Å². The first-order valence-electron chi connectivity index (χ1n) is 6.13. The van der Waals surface area contributed by atoms with Gasteiger partial charge >= 0.3 is 5.97 Å². The smallest absolute Gasteiger partial charge is 0.354 e. The molecule has 0 unspecified atom stereocenters. The van der Waals surface area contributed by atoms with Gasteiger partial charge in [-0.2, -0.15) is 0 Å². The molecule has 2 heterocycles. The molecule has 0 bridgehead atoms. The van der Waals surface area contributed by atoms with E-state index in [-0.39, 0.29) is 36.5 Å². The van der Waals surface area contributed by atoms with E-state index in [1.54, 1.807) is 11.8 Å². The fourth-order valence-electron chi connectivity index (χ4n) is 2.10. The number of carbonyl (C=O) groups excluding carboxylic acids is 1. The minimum absolute atomic E-state index is 0. The van der Waals surface area contributed by atoms with Gasteiger partial charge in [0.25, 0.3) is 0 Å². The number of aromatic carboxylic acids is 1. The Kier molecular flexibility index (Phi) is 5.98. The Morgan fingerprint density at radius 2 is 2.00 bits per heavy atom. The Morgan fingerprint density at radius 1 is 1.35 bits per heavy atom. The third-order valence-electron chi connectivity index (χ3n) is 3.18. The molecular formula is C12H16LiN4O3. The number of nitrogens with zero attached hydrogens (tertiary/aromatic N) is 3. The zero-order valence-electron chi connectivity index (χ0n) is 11.7. The molecule has 1 aromatic rings. The summed E-state index contributed by atoms with van der Waals surface area (Å²) in [4.78, 5) is 31.5. The van der Waals surface area contributed by atoms with E-state index in [0.717, 1.165) is 12.8 Å². The van der Waals surface area contributed by atoms with Gasteiger partial charge in [0.1, 0.15) is 12.1 Å². The number of amides is 1. The Hall–Kier alpha value is -1.58. The van der Waals surface area contributed by atoms with E-state index in [0.29, 0.717) is 18.9 Å². The number of carboxylic acids is 1. The summed E-state index contributed by atoms with van der Waals surface area (Å²) in [6.07, 6.45) is 2.88. The number of likely N-dealkylation sites (tertiary alicyclic amines) is 1. The van der Waals surface area contributed by atoms with Crippen molar-refractivity contribution in [2.45, 2.75) is 25.8 Å². The van der Waals surface area contributed by atoms with Crippen molar-refractivity contribution in [1.29, 1.82) is 0 Å². The Bertz CT molecular complexity index is 489. The van der Waals surface area contributed by atoms with Crippen LogP contribution in [0.25, 0.3) is 0 Å². The van der Waals surface area contributed by atoms with E-state index in [4.69, 9.17) is 5.11 Å². The van der Waals surface area contributed by atoms with Crippen LogP contribution in [0.1, 0.15) is 30.3 Å². The van der Waals surface area contributed by atoms with Crippen LogP contribution in [0.5, 0.6) is 0 Å². The Morgan fingerprint density at radius 3 is 2.55 bits per heavy atom. The average molecular weight is 271 g/mol. The second-order valence-electron chi connectivity index (χ2n) is 4.52. The van der Waals surface area contributed by atoms with Gasteiger partial charge < -0.3 is 15.3 Å². The van der Waals surface area contributed by atoms with Gasteiger partial charge in [-0.05, 0) is 12.8 Å². The molecule has 1 aliphatic heterocycles. The predicted molar refractivity (Wildman–Crippen MR) is 73.6 cm³/mol. The van der Waals surface area contributed by atoms with Crippen LogP contribution in [0.2, 0.25) is 0 Å². The van der Waals surface area contributed by atoms with Crippen LogP contribution in [-0.2, 0) is 4.79 Å². The van der Waals surface area contributed by atoms with Crippen molar-refractivity contribution in [2.24, 2.45) is 0 Å². The molecule has 0 atom stereocenters. The molecule has 2 rings (SSSR count). The van der Waals surface area contributed by atoms with Gasteiger partial charge in [0, 0.05) is 51.0 Å². The number of anilines is 1. The topological polar surface area (TPSA) is 95.4 Å². The molecule has 103 valence electrons. The summed E-state index contributed by atoms with van der Waals surface area (Å²) in [5, 5.41) is 12.0. The predicted octanol–water partition coefficient (Wildman–Crippen LogP) is 0.217. The van der Waals surface area contributed by atoms with Crippen LogP contribution in [0.15, 0.2) is 12.4 Å². The van der Waals surface area contributed by atoms with Gasteiger partial charge in [-0.25, -0.2) is 14.8 Å². The van der Waals surface area contributed by atoms with Crippen LogP contribution >= 0.6 is 0 Å². The third-order valence-corrected chi connectivity index (χ3v) is 3.18. The molecule has 0 aromatic carbocycles. The number of nitrogens with one attached hydrogen (secondary N) is 1. The minimum atomic E-state index is -1.07. The number of hydrogen-bond acceptors (Lipinski definition) is 5. The second-order valence-corrected chi connectivity index (χ2v) is 4.52. The van der Waals surface area contributed by atoms with Crippen LogP contribution in [0, 0.1) is 0 Å². The van der Waals surface area contributed by atoms with Crippen LogP contribution in [0.4, 0.5) is 5.82 Å². The quantitative estimate of drug-likeness (QED) is 0.763. The van der Waals surface area contributed by atoms with E-state index < -0.39 is 5.97 Å². The number of aromatic nitrogens is 2. The minimum Gasteiger partial charge on any atom is -0.477 e. The first kappa shape index (κ1) is 16.5. The summed E-state index contributed by atoms with van der Waals surface area (Å²) in [5.74, 6) is -0.473. The van der Waals surface area contributed by atoms with Gasteiger partial charge in [-0.3, -0.25) is 4.79 Å². The van der Waals surface area contributed by atoms with E-state index in [1.807, 2.05) is 0 Å². The molecule has 1 aromatic heterocycles. The zero-order chi connectivity index (χ0) is 13.8. The maximum absolute atomic E-state index is 11.2. The fraction of sp³-hybridized carbons (Fsp3) is 0.500. The van der Waals surface area contributed by atoms with Gasteiger partial charge in [0.2, 0.25) is 5.91 Å². The summed E-state index contributed by atoms with van der Waals surface area (Å²) in [5.41, 5.74) is -0.0290. The van der Waals surface area contributed by atoms with Gasteiger partial charge in [-0.15, -0.1) is 0 Å².